The lowest BCUT2D eigenvalue weighted by atomic mass is 10.1. The van der Waals surface area contributed by atoms with Gasteiger partial charge in [0.2, 0.25) is 0 Å². The van der Waals surface area contributed by atoms with E-state index in [1.807, 2.05) is 37.3 Å². The Labute approximate surface area is 135 Å². The van der Waals surface area contributed by atoms with Gasteiger partial charge in [-0.25, -0.2) is 0 Å². The highest BCUT2D eigenvalue weighted by molar-refractivity contribution is 5.94. The molecular weight excluding hydrogens is 292 g/mol. The molecule has 0 heterocycles. The Morgan fingerprint density at radius 3 is 2.65 bits per heavy atom. The highest BCUT2D eigenvalue weighted by Gasteiger charge is 2.11. The summed E-state index contributed by atoms with van der Waals surface area (Å²) in [7, 11) is 1.58. The van der Waals surface area contributed by atoms with Crippen molar-refractivity contribution in [2.24, 2.45) is 0 Å². The number of nitrogens with zero attached hydrogens (tertiary/aromatic N) is 1. The fourth-order valence-electron chi connectivity index (χ4n) is 2.04. The van der Waals surface area contributed by atoms with Gasteiger partial charge in [-0.2, -0.15) is 5.26 Å². The summed E-state index contributed by atoms with van der Waals surface area (Å²) in [5, 5.41) is 11.7. The number of hydrogen-bond donors (Lipinski definition) is 1. The number of hydrogen-bond acceptors (Lipinski definition) is 4. The molecular formula is C18H18N2O3. The molecule has 5 nitrogen and oxygen atoms in total. The largest absolute Gasteiger partial charge is 0.493 e. The molecule has 1 atom stereocenters. The van der Waals surface area contributed by atoms with E-state index in [4.69, 9.17) is 14.7 Å². The van der Waals surface area contributed by atoms with Crippen molar-refractivity contribution in [3.63, 3.8) is 0 Å². The lowest BCUT2D eigenvalue weighted by molar-refractivity contribution is 0.0931. The first-order valence-electron chi connectivity index (χ1n) is 7.22. The van der Waals surface area contributed by atoms with Crippen LogP contribution in [-0.2, 0) is 0 Å². The number of carbonyl (C=O) groups is 1. The number of ether oxygens (including phenoxy) is 2. The van der Waals surface area contributed by atoms with Crippen molar-refractivity contribution < 1.29 is 14.3 Å². The number of nitriles is 1. The van der Waals surface area contributed by atoms with Crippen LogP contribution in [0.25, 0.3) is 0 Å². The normalized spacial score (nSPS) is 11.2. The van der Waals surface area contributed by atoms with Crippen LogP contribution in [0.15, 0.2) is 48.5 Å². The van der Waals surface area contributed by atoms with Crippen LogP contribution in [0.5, 0.6) is 11.5 Å². The molecule has 23 heavy (non-hydrogen) atoms. The molecule has 1 amide bonds. The minimum absolute atomic E-state index is 0.227. The maximum absolute atomic E-state index is 12.1. The molecule has 0 aliphatic rings. The fourth-order valence-corrected chi connectivity index (χ4v) is 2.04. The molecule has 0 radical (unpaired) electrons. The maximum atomic E-state index is 12.1. The fraction of sp³-hybridized carbons (Fsp3) is 0.222. The zero-order valence-electron chi connectivity index (χ0n) is 13.1. The van der Waals surface area contributed by atoms with Gasteiger partial charge in [-0.1, -0.05) is 18.2 Å². The molecule has 2 aromatic carbocycles. The molecule has 2 aromatic rings. The molecule has 0 fully saturated rings. The van der Waals surface area contributed by atoms with Gasteiger partial charge in [-0.3, -0.25) is 4.79 Å². The van der Waals surface area contributed by atoms with Crippen LogP contribution in [0, 0.1) is 11.3 Å². The molecule has 0 spiro atoms. The first-order chi connectivity index (χ1) is 11.1. The van der Waals surface area contributed by atoms with Crippen molar-refractivity contribution in [1.82, 2.24) is 5.32 Å². The van der Waals surface area contributed by atoms with E-state index in [1.165, 1.54) is 0 Å². The predicted octanol–water partition coefficient (Wildman–Crippen LogP) is 2.76. The molecule has 2 rings (SSSR count). The molecule has 0 saturated carbocycles. The Morgan fingerprint density at radius 1 is 1.22 bits per heavy atom. The van der Waals surface area contributed by atoms with E-state index >= 15 is 0 Å². The van der Waals surface area contributed by atoms with E-state index in [1.54, 1.807) is 31.4 Å². The van der Waals surface area contributed by atoms with Crippen LogP contribution in [-0.4, -0.2) is 25.7 Å². The molecule has 0 aliphatic carbocycles. The van der Waals surface area contributed by atoms with Gasteiger partial charge < -0.3 is 14.8 Å². The summed E-state index contributed by atoms with van der Waals surface area (Å²) in [6.45, 7) is 2.20. The van der Waals surface area contributed by atoms with Gasteiger partial charge in [0.1, 0.15) is 6.10 Å². The molecule has 0 saturated heterocycles. The zero-order chi connectivity index (χ0) is 16.7. The molecule has 0 unspecified atom stereocenters. The standard InChI is InChI=1S/C18H18N2O3/c1-13(23-17-9-4-3-8-16(17)22-2)12-20-18(21)15-7-5-6-14(10-15)11-19/h3-10,13H,12H2,1-2H3,(H,20,21)/t13-/m0/s1. The first kappa shape index (κ1) is 16.4. The Bertz CT molecular complexity index is 722. The van der Waals surface area contributed by atoms with Crippen LogP contribution in [0.2, 0.25) is 0 Å². The molecule has 5 heteroatoms. The quantitative estimate of drug-likeness (QED) is 0.890. The predicted molar refractivity (Wildman–Crippen MR) is 86.6 cm³/mol. The lowest BCUT2D eigenvalue weighted by Crippen LogP contribution is -2.33. The van der Waals surface area contributed by atoms with E-state index in [0.717, 1.165) is 0 Å². The lowest BCUT2D eigenvalue weighted by Gasteiger charge is -2.17. The topological polar surface area (TPSA) is 71.3 Å². The van der Waals surface area contributed by atoms with Gasteiger partial charge in [0.05, 0.1) is 25.3 Å². The maximum Gasteiger partial charge on any atom is 0.251 e. The molecule has 0 aromatic heterocycles. The van der Waals surface area contributed by atoms with Crippen LogP contribution in [0.3, 0.4) is 0 Å². The van der Waals surface area contributed by atoms with Crippen molar-refractivity contribution in [3.8, 4) is 17.6 Å². The second kappa shape index (κ2) is 7.85. The average Bonchev–Trinajstić information content (AvgIpc) is 2.60. The monoisotopic (exact) mass is 310 g/mol. The summed E-state index contributed by atoms with van der Waals surface area (Å²) in [4.78, 5) is 12.1. The summed E-state index contributed by atoms with van der Waals surface area (Å²) in [5.74, 6) is 1.04. The smallest absolute Gasteiger partial charge is 0.251 e. The van der Waals surface area contributed by atoms with Crippen LogP contribution in [0.1, 0.15) is 22.8 Å². The van der Waals surface area contributed by atoms with Gasteiger partial charge in [0.25, 0.3) is 5.91 Å². The van der Waals surface area contributed by atoms with E-state index in [2.05, 4.69) is 5.32 Å². The number of methoxy groups -OCH3 is 1. The second-order valence-corrected chi connectivity index (χ2v) is 4.98. The Balaban J connectivity index is 1.92. The number of benzene rings is 2. The zero-order valence-corrected chi connectivity index (χ0v) is 13.1. The highest BCUT2D eigenvalue weighted by atomic mass is 16.5. The Morgan fingerprint density at radius 2 is 1.96 bits per heavy atom. The summed E-state index contributed by atoms with van der Waals surface area (Å²) in [5.41, 5.74) is 0.907. The number of rotatable bonds is 6. The van der Waals surface area contributed by atoms with Gasteiger partial charge in [0.15, 0.2) is 11.5 Å². The second-order valence-electron chi connectivity index (χ2n) is 4.98. The van der Waals surface area contributed by atoms with Crippen LogP contribution in [0.4, 0.5) is 0 Å². The van der Waals surface area contributed by atoms with Crippen molar-refractivity contribution >= 4 is 5.91 Å². The highest BCUT2D eigenvalue weighted by Crippen LogP contribution is 2.26. The minimum atomic E-state index is -0.238. The molecule has 0 bridgehead atoms. The van der Waals surface area contributed by atoms with Crippen molar-refractivity contribution in [3.05, 3.63) is 59.7 Å². The van der Waals surface area contributed by atoms with Crippen molar-refractivity contribution in [2.75, 3.05) is 13.7 Å². The van der Waals surface area contributed by atoms with E-state index in [9.17, 15) is 4.79 Å². The molecule has 1 N–H and O–H groups in total. The third-order valence-corrected chi connectivity index (χ3v) is 3.20. The SMILES string of the molecule is COc1ccccc1O[C@@H](C)CNC(=O)c1cccc(C#N)c1. The van der Waals surface area contributed by atoms with Crippen molar-refractivity contribution in [1.29, 1.82) is 5.26 Å². The number of amides is 1. The van der Waals surface area contributed by atoms with E-state index in [-0.39, 0.29) is 12.0 Å². The Hall–Kier alpha value is -3.00. The first-order valence-corrected chi connectivity index (χ1v) is 7.22. The third kappa shape index (κ3) is 4.48. The summed E-state index contributed by atoms with van der Waals surface area (Å²) in [6.07, 6.45) is -0.227. The summed E-state index contributed by atoms with van der Waals surface area (Å²) in [6, 6.07) is 15.9. The number of para-hydroxylation sites is 2. The van der Waals surface area contributed by atoms with Gasteiger partial charge in [0, 0.05) is 5.56 Å². The number of nitrogens with one attached hydrogen (secondary N) is 1. The Kier molecular flexibility index (Phi) is 5.59. The van der Waals surface area contributed by atoms with Gasteiger partial charge in [-0.15, -0.1) is 0 Å². The van der Waals surface area contributed by atoms with Gasteiger partial charge >= 0.3 is 0 Å². The molecule has 0 aliphatic heterocycles. The molecule has 118 valence electrons. The van der Waals surface area contributed by atoms with Crippen LogP contribution >= 0.6 is 0 Å². The third-order valence-electron chi connectivity index (χ3n) is 3.20. The van der Waals surface area contributed by atoms with Crippen molar-refractivity contribution in [2.45, 2.75) is 13.0 Å². The van der Waals surface area contributed by atoms with E-state index in [0.29, 0.717) is 29.2 Å². The van der Waals surface area contributed by atoms with Gasteiger partial charge in [-0.05, 0) is 37.3 Å². The van der Waals surface area contributed by atoms with Crippen LogP contribution < -0.4 is 14.8 Å². The average molecular weight is 310 g/mol. The number of carbonyl (C=O) groups excluding carboxylic acids is 1. The summed E-state index contributed by atoms with van der Waals surface area (Å²) >= 11 is 0. The minimum Gasteiger partial charge on any atom is -0.493 e. The van der Waals surface area contributed by atoms with E-state index < -0.39 is 0 Å². The summed E-state index contributed by atoms with van der Waals surface area (Å²) < 4.78 is 11.0.